The van der Waals surface area contributed by atoms with Gasteiger partial charge in [-0.2, -0.15) is 5.10 Å². The van der Waals surface area contributed by atoms with Gasteiger partial charge in [-0.05, 0) is 41.9 Å². The first kappa shape index (κ1) is 12.9. The van der Waals surface area contributed by atoms with Gasteiger partial charge in [-0.25, -0.2) is 0 Å². The highest BCUT2D eigenvalue weighted by Crippen LogP contribution is 2.40. The van der Waals surface area contributed by atoms with Crippen LogP contribution in [0.25, 0.3) is 0 Å². The highest BCUT2D eigenvalue weighted by atomic mass is 127. The maximum Gasteiger partial charge on any atom is 0.168 e. The van der Waals surface area contributed by atoms with Crippen molar-refractivity contribution in [3.63, 3.8) is 0 Å². The molecule has 1 spiro atoms. The Morgan fingerprint density at radius 2 is 2.06 bits per heavy atom. The predicted molar refractivity (Wildman–Crippen MR) is 76.5 cm³/mol. The van der Waals surface area contributed by atoms with E-state index in [0.717, 1.165) is 45.3 Å². The molecule has 1 aromatic rings. The maximum atomic E-state index is 5.76. The van der Waals surface area contributed by atoms with E-state index in [1.54, 1.807) is 0 Å². The Kier molecular flexibility index (Phi) is 3.64. The average Bonchev–Trinajstić information content (AvgIpc) is 2.98. The molecule has 0 unspecified atom stereocenters. The molecule has 2 fully saturated rings. The number of hydrogen-bond donors (Lipinski definition) is 0. The minimum atomic E-state index is -0.260. The van der Waals surface area contributed by atoms with E-state index in [1.165, 1.54) is 9.26 Å². The zero-order valence-corrected chi connectivity index (χ0v) is 12.9. The van der Waals surface area contributed by atoms with E-state index in [2.05, 4.69) is 40.4 Å². The van der Waals surface area contributed by atoms with Crippen LogP contribution >= 0.6 is 22.6 Å². The highest BCUT2D eigenvalue weighted by Gasteiger charge is 2.40. The van der Waals surface area contributed by atoms with Crippen LogP contribution in [0, 0.1) is 3.57 Å². The lowest BCUT2D eigenvalue weighted by Gasteiger charge is -2.35. The predicted octanol–water partition coefficient (Wildman–Crippen LogP) is 2.91. The largest absolute Gasteiger partial charge is 0.348 e. The van der Waals surface area contributed by atoms with Crippen molar-refractivity contribution >= 4 is 22.6 Å². The SMILES string of the molecule is CCc1nn(C2CCC3(CC2)OCCO3)cc1I. The standard InChI is InChI=1S/C13H19IN2O2/c1-2-12-11(14)9-16(15-12)10-3-5-13(6-4-10)17-7-8-18-13/h9-10H,2-8H2,1H3. The summed E-state index contributed by atoms with van der Waals surface area (Å²) in [4.78, 5) is 0. The van der Waals surface area contributed by atoms with Crippen molar-refractivity contribution in [1.29, 1.82) is 0 Å². The molecule has 1 saturated carbocycles. The van der Waals surface area contributed by atoms with E-state index < -0.39 is 0 Å². The van der Waals surface area contributed by atoms with Crippen LogP contribution in [0.5, 0.6) is 0 Å². The molecule has 100 valence electrons. The van der Waals surface area contributed by atoms with Crippen molar-refractivity contribution in [3.05, 3.63) is 15.5 Å². The Labute approximate surface area is 121 Å². The monoisotopic (exact) mass is 362 g/mol. The van der Waals surface area contributed by atoms with Gasteiger partial charge in [-0.1, -0.05) is 6.92 Å². The molecule has 1 aromatic heterocycles. The summed E-state index contributed by atoms with van der Waals surface area (Å²) in [5, 5.41) is 4.69. The van der Waals surface area contributed by atoms with Crippen molar-refractivity contribution in [2.45, 2.75) is 50.9 Å². The lowest BCUT2D eigenvalue weighted by atomic mass is 9.90. The molecular weight excluding hydrogens is 343 g/mol. The molecular formula is C13H19IN2O2. The quantitative estimate of drug-likeness (QED) is 0.760. The molecule has 1 saturated heterocycles. The van der Waals surface area contributed by atoms with Crippen LogP contribution in [-0.4, -0.2) is 28.8 Å². The summed E-state index contributed by atoms with van der Waals surface area (Å²) in [6.07, 6.45) is 7.37. The van der Waals surface area contributed by atoms with E-state index in [-0.39, 0.29) is 5.79 Å². The molecule has 0 amide bonds. The van der Waals surface area contributed by atoms with Crippen LogP contribution in [0.2, 0.25) is 0 Å². The Morgan fingerprint density at radius 1 is 1.39 bits per heavy atom. The molecule has 4 nitrogen and oxygen atoms in total. The van der Waals surface area contributed by atoms with E-state index in [1.807, 2.05) is 0 Å². The number of ether oxygens (including phenoxy) is 2. The Hall–Kier alpha value is -0.140. The van der Waals surface area contributed by atoms with Gasteiger partial charge in [0, 0.05) is 19.0 Å². The first-order chi connectivity index (χ1) is 8.72. The molecule has 0 bridgehead atoms. The molecule has 1 aliphatic heterocycles. The van der Waals surface area contributed by atoms with Crippen LogP contribution in [0.3, 0.4) is 0 Å². The fraction of sp³-hybridized carbons (Fsp3) is 0.769. The topological polar surface area (TPSA) is 36.3 Å². The smallest absolute Gasteiger partial charge is 0.168 e. The van der Waals surface area contributed by atoms with E-state index in [9.17, 15) is 0 Å². The Bertz CT molecular complexity index is 417. The van der Waals surface area contributed by atoms with Gasteiger partial charge in [-0.15, -0.1) is 0 Å². The zero-order chi connectivity index (χ0) is 12.6. The van der Waals surface area contributed by atoms with Crippen molar-refractivity contribution in [1.82, 2.24) is 9.78 Å². The molecule has 0 aromatic carbocycles. The molecule has 2 heterocycles. The van der Waals surface area contributed by atoms with Crippen molar-refractivity contribution in [2.24, 2.45) is 0 Å². The van der Waals surface area contributed by atoms with Gasteiger partial charge >= 0.3 is 0 Å². The molecule has 2 aliphatic rings. The molecule has 18 heavy (non-hydrogen) atoms. The lowest BCUT2D eigenvalue weighted by Crippen LogP contribution is -2.35. The number of aromatic nitrogens is 2. The van der Waals surface area contributed by atoms with Crippen LogP contribution in [0.1, 0.15) is 44.3 Å². The summed E-state index contributed by atoms with van der Waals surface area (Å²) in [7, 11) is 0. The fourth-order valence-electron chi connectivity index (χ4n) is 2.93. The van der Waals surface area contributed by atoms with Crippen molar-refractivity contribution in [2.75, 3.05) is 13.2 Å². The van der Waals surface area contributed by atoms with E-state index >= 15 is 0 Å². The summed E-state index contributed by atoms with van der Waals surface area (Å²) in [5.74, 6) is -0.260. The third kappa shape index (κ3) is 2.32. The summed E-state index contributed by atoms with van der Waals surface area (Å²) < 4.78 is 15.0. The van der Waals surface area contributed by atoms with Gasteiger partial charge in [0.15, 0.2) is 5.79 Å². The third-order valence-corrected chi connectivity index (χ3v) is 4.90. The highest BCUT2D eigenvalue weighted by molar-refractivity contribution is 14.1. The first-order valence-electron chi connectivity index (χ1n) is 6.74. The minimum Gasteiger partial charge on any atom is -0.348 e. The van der Waals surface area contributed by atoms with E-state index in [0.29, 0.717) is 6.04 Å². The van der Waals surface area contributed by atoms with Gasteiger partial charge < -0.3 is 9.47 Å². The van der Waals surface area contributed by atoms with Crippen molar-refractivity contribution in [3.8, 4) is 0 Å². The number of aryl methyl sites for hydroxylation is 1. The molecule has 0 radical (unpaired) electrons. The molecule has 3 rings (SSSR count). The number of hydrogen-bond acceptors (Lipinski definition) is 3. The molecule has 0 N–H and O–H groups in total. The normalized spacial score (nSPS) is 23.9. The van der Waals surface area contributed by atoms with Crippen molar-refractivity contribution < 1.29 is 9.47 Å². The minimum absolute atomic E-state index is 0.260. The Morgan fingerprint density at radius 3 is 2.61 bits per heavy atom. The second kappa shape index (κ2) is 5.09. The second-order valence-corrected chi connectivity index (χ2v) is 6.26. The molecule has 5 heteroatoms. The Balaban J connectivity index is 1.68. The average molecular weight is 362 g/mol. The summed E-state index contributed by atoms with van der Waals surface area (Å²) >= 11 is 2.38. The second-order valence-electron chi connectivity index (χ2n) is 5.10. The van der Waals surface area contributed by atoms with Crippen LogP contribution in [0.15, 0.2) is 6.20 Å². The third-order valence-electron chi connectivity index (χ3n) is 4.00. The lowest BCUT2D eigenvalue weighted by molar-refractivity contribution is -0.181. The van der Waals surface area contributed by atoms with Gasteiger partial charge in [-0.3, -0.25) is 4.68 Å². The summed E-state index contributed by atoms with van der Waals surface area (Å²) in [5.41, 5.74) is 1.21. The fourth-order valence-corrected chi connectivity index (χ4v) is 3.70. The van der Waals surface area contributed by atoms with Gasteiger partial charge in [0.25, 0.3) is 0 Å². The summed E-state index contributed by atoms with van der Waals surface area (Å²) in [6.45, 7) is 3.67. The number of halogens is 1. The van der Waals surface area contributed by atoms with E-state index in [4.69, 9.17) is 14.6 Å². The van der Waals surface area contributed by atoms with Gasteiger partial charge in [0.05, 0.1) is 28.5 Å². The molecule has 1 aliphatic carbocycles. The summed E-state index contributed by atoms with van der Waals surface area (Å²) in [6, 6.07) is 0.511. The maximum absolute atomic E-state index is 5.76. The number of rotatable bonds is 2. The van der Waals surface area contributed by atoms with Crippen LogP contribution in [-0.2, 0) is 15.9 Å². The number of nitrogens with zero attached hydrogens (tertiary/aromatic N) is 2. The van der Waals surface area contributed by atoms with Gasteiger partial charge in [0.2, 0.25) is 0 Å². The molecule has 0 atom stereocenters. The first-order valence-corrected chi connectivity index (χ1v) is 7.82. The van der Waals surface area contributed by atoms with Gasteiger partial charge in [0.1, 0.15) is 0 Å². The van der Waals surface area contributed by atoms with Crippen LogP contribution < -0.4 is 0 Å². The zero-order valence-electron chi connectivity index (χ0n) is 10.7. The van der Waals surface area contributed by atoms with Crippen LogP contribution in [0.4, 0.5) is 0 Å².